The van der Waals surface area contributed by atoms with E-state index in [4.69, 9.17) is 14.2 Å². The van der Waals surface area contributed by atoms with Crippen LogP contribution >= 0.6 is 24.0 Å². The van der Waals surface area contributed by atoms with Gasteiger partial charge in [0.05, 0.1) is 18.9 Å². The first-order valence-electron chi connectivity index (χ1n) is 14.1. The molecule has 4 atom stereocenters. The van der Waals surface area contributed by atoms with Gasteiger partial charge in [-0.15, -0.1) is 29.9 Å². The van der Waals surface area contributed by atoms with Crippen molar-refractivity contribution in [2.45, 2.75) is 56.0 Å². The van der Waals surface area contributed by atoms with E-state index in [-0.39, 0.29) is 32.0 Å². The maximum Gasteiger partial charge on any atom is 0.304 e. The van der Waals surface area contributed by atoms with Crippen LogP contribution in [0.4, 0.5) is 0 Å². The van der Waals surface area contributed by atoms with Crippen molar-refractivity contribution in [2.24, 2.45) is 0 Å². The predicted octanol–water partition coefficient (Wildman–Crippen LogP) is 5.50. The number of benzene rings is 3. The number of rotatable bonds is 10. The molecule has 0 radical (unpaired) electrons. The highest BCUT2D eigenvalue weighted by atomic mass is 32.1. The second-order valence-electron chi connectivity index (χ2n) is 10.9. The smallest absolute Gasteiger partial charge is 0.304 e. The van der Waals surface area contributed by atoms with Crippen molar-refractivity contribution in [3.63, 3.8) is 0 Å². The summed E-state index contributed by atoms with van der Waals surface area (Å²) < 4.78 is 18.1. The molecule has 4 aromatic rings. The van der Waals surface area contributed by atoms with E-state index in [0.717, 1.165) is 37.9 Å². The number of carboxylic acids is 1. The number of aliphatic hydroxyl groups is 3. The standard InChI is InChI=1S/C34H34O8S2/c1-3-4-24(17-31(35)36)23-6-8-25(9-7-23)40-18-22-5-12-30-28(16-22)29(19-44-30)27-11-10-26(15-21(27)2)41-20-33(38)13-14-42-34(39,43)32(33)37/h5-12,15-16,19,24,32,37-39,43H,13-14,17-18,20H2,1-2H3,(H,35,36)/t24-,32-,33-,34-/m0/s1. The Labute approximate surface area is 265 Å². The Morgan fingerprint density at radius 1 is 1.09 bits per heavy atom. The van der Waals surface area contributed by atoms with Crippen molar-refractivity contribution in [1.29, 1.82) is 0 Å². The molecule has 0 amide bonds. The molecular weight excluding hydrogens is 601 g/mol. The molecule has 3 aromatic carbocycles. The maximum absolute atomic E-state index is 11.2. The molecule has 0 saturated carbocycles. The molecule has 1 fully saturated rings. The highest BCUT2D eigenvalue weighted by molar-refractivity contribution is 7.81. The summed E-state index contributed by atoms with van der Waals surface area (Å²) >= 11 is 5.56. The average Bonchev–Trinajstić information content (AvgIpc) is 3.41. The molecule has 0 spiro atoms. The fourth-order valence-corrected chi connectivity index (χ4v) is 6.54. The zero-order valence-corrected chi connectivity index (χ0v) is 26.0. The van der Waals surface area contributed by atoms with Crippen LogP contribution in [0.5, 0.6) is 11.5 Å². The van der Waals surface area contributed by atoms with Gasteiger partial charge in [-0.2, -0.15) is 0 Å². The number of thiol groups is 1. The van der Waals surface area contributed by atoms with E-state index >= 15 is 0 Å². The minimum atomic E-state index is -2.15. The lowest BCUT2D eigenvalue weighted by atomic mass is 9.91. The molecule has 10 heteroatoms. The van der Waals surface area contributed by atoms with Gasteiger partial charge < -0.3 is 34.6 Å². The number of carbonyl (C=O) groups is 1. The zero-order valence-electron chi connectivity index (χ0n) is 24.3. The number of carboxylic acid groups (broad SMARTS) is 1. The molecule has 230 valence electrons. The van der Waals surface area contributed by atoms with Crippen LogP contribution < -0.4 is 9.47 Å². The van der Waals surface area contributed by atoms with Crippen molar-refractivity contribution in [3.8, 4) is 34.5 Å². The van der Waals surface area contributed by atoms with Gasteiger partial charge in [-0.25, -0.2) is 0 Å². The van der Waals surface area contributed by atoms with Crippen LogP contribution in [0.2, 0.25) is 0 Å². The Hall–Kier alpha value is -3.56. The quantitative estimate of drug-likeness (QED) is 0.0880. The summed E-state index contributed by atoms with van der Waals surface area (Å²) in [6.45, 7) is 3.85. The SMILES string of the molecule is CC#C[C@@H](CC(=O)O)c1ccc(OCc2ccc3scc(-c4ccc(OC[C@@]5(O)CCO[C@](O)(S)[C@H]5O)cc4C)c3c2)cc1. The lowest BCUT2D eigenvalue weighted by Gasteiger charge is -2.43. The van der Waals surface area contributed by atoms with Crippen molar-refractivity contribution in [3.05, 3.63) is 82.7 Å². The summed E-state index contributed by atoms with van der Waals surface area (Å²) in [6.07, 6.45) is -1.60. The van der Waals surface area contributed by atoms with Crippen LogP contribution in [0.15, 0.2) is 66.0 Å². The molecule has 44 heavy (non-hydrogen) atoms. The maximum atomic E-state index is 11.2. The molecule has 0 aliphatic carbocycles. The Bertz CT molecular complexity index is 1700. The number of fused-ring (bicyclic) bond motifs is 1. The van der Waals surface area contributed by atoms with E-state index in [1.807, 2.05) is 55.5 Å². The fraction of sp³-hybridized carbons (Fsp3) is 0.324. The van der Waals surface area contributed by atoms with Gasteiger partial charge in [0.15, 0.2) is 0 Å². The molecular formula is C34H34O8S2. The molecule has 1 saturated heterocycles. The number of hydrogen-bond donors (Lipinski definition) is 5. The summed E-state index contributed by atoms with van der Waals surface area (Å²) in [5, 5.41) is 41.5. The first-order valence-corrected chi connectivity index (χ1v) is 15.4. The normalized spacial score (nSPS) is 22.2. The third-order valence-electron chi connectivity index (χ3n) is 7.71. The van der Waals surface area contributed by atoms with Crippen LogP contribution in [0.1, 0.15) is 42.4 Å². The Balaban J connectivity index is 1.27. The van der Waals surface area contributed by atoms with Gasteiger partial charge in [-0.1, -0.05) is 30.2 Å². The molecule has 1 aromatic heterocycles. The molecule has 1 aliphatic heterocycles. The third kappa shape index (κ3) is 7.05. The topological polar surface area (TPSA) is 126 Å². The number of aryl methyl sites for hydroxylation is 1. The Morgan fingerprint density at radius 3 is 2.55 bits per heavy atom. The fourth-order valence-electron chi connectivity index (χ4n) is 5.27. The van der Waals surface area contributed by atoms with Gasteiger partial charge in [0.2, 0.25) is 5.12 Å². The van der Waals surface area contributed by atoms with Crippen LogP contribution in [-0.2, 0) is 16.1 Å². The Morgan fingerprint density at radius 2 is 1.84 bits per heavy atom. The second kappa shape index (κ2) is 13.2. The van der Waals surface area contributed by atoms with Crippen LogP contribution in [0, 0.1) is 18.8 Å². The average molecular weight is 635 g/mol. The van der Waals surface area contributed by atoms with Crippen LogP contribution in [0.25, 0.3) is 21.2 Å². The first kappa shape index (κ1) is 31.9. The van der Waals surface area contributed by atoms with Crippen LogP contribution in [0.3, 0.4) is 0 Å². The first-order chi connectivity index (χ1) is 21.0. The van der Waals surface area contributed by atoms with E-state index in [1.54, 1.807) is 18.3 Å². The van der Waals surface area contributed by atoms with E-state index in [1.165, 1.54) is 0 Å². The number of thiophene rings is 1. The second-order valence-corrected chi connectivity index (χ2v) is 12.5. The lowest BCUT2D eigenvalue weighted by molar-refractivity contribution is -0.279. The van der Waals surface area contributed by atoms with Crippen LogP contribution in [-0.4, -0.2) is 56.4 Å². The molecule has 1 aliphatic rings. The van der Waals surface area contributed by atoms with E-state index in [2.05, 4.69) is 42.0 Å². The highest BCUT2D eigenvalue weighted by Gasteiger charge is 2.52. The number of aliphatic carboxylic acids is 1. The monoisotopic (exact) mass is 634 g/mol. The van der Waals surface area contributed by atoms with Crippen molar-refractivity contribution >= 4 is 40.0 Å². The summed E-state index contributed by atoms with van der Waals surface area (Å²) in [4.78, 5) is 11.2. The summed E-state index contributed by atoms with van der Waals surface area (Å²) in [7, 11) is 0. The number of ether oxygens (including phenoxy) is 3. The minimum absolute atomic E-state index is 0.0309. The minimum Gasteiger partial charge on any atom is -0.490 e. The Kier molecular flexibility index (Phi) is 9.56. The predicted molar refractivity (Wildman–Crippen MR) is 172 cm³/mol. The van der Waals surface area contributed by atoms with Crippen molar-refractivity contribution < 1.29 is 39.4 Å². The molecule has 4 N–H and O–H groups in total. The molecule has 5 rings (SSSR count). The van der Waals surface area contributed by atoms with Gasteiger partial charge in [0.1, 0.15) is 36.4 Å². The van der Waals surface area contributed by atoms with Crippen molar-refractivity contribution in [1.82, 2.24) is 0 Å². The molecule has 0 unspecified atom stereocenters. The van der Waals surface area contributed by atoms with E-state index in [9.17, 15) is 25.2 Å². The number of hydrogen-bond acceptors (Lipinski definition) is 9. The van der Waals surface area contributed by atoms with Gasteiger partial charge in [-0.05, 0) is 77.9 Å². The summed E-state index contributed by atoms with van der Waals surface area (Å²) in [5.41, 5.74) is 3.23. The molecule has 2 heterocycles. The van der Waals surface area contributed by atoms with Gasteiger partial charge in [-0.3, -0.25) is 4.79 Å². The van der Waals surface area contributed by atoms with Crippen molar-refractivity contribution in [2.75, 3.05) is 13.2 Å². The highest BCUT2D eigenvalue weighted by Crippen LogP contribution is 2.38. The van der Waals surface area contributed by atoms with Gasteiger partial charge in [0.25, 0.3) is 0 Å². The van der Waals surface area contributed by atoms with E-state index in [0.29, 0.717) is 18.1 Å². The molecule has 0 bridgehead atoms. The lowest BCUT2D eigenvalue weighted by Crippen LogP contribution is -2.62. The van der Waals surface area contributed by atoms with Gasteiger partial charge in [0, 0.05) is 22.1 Å². The number of aliphatic hydroxyl groups excluding tert-OH is 1. The summed E-state index contributed by atoms with van der Waals surface area (Å²) in [6, 6.07) is 19.3. The summed E-state index contributed by atoms with van der Waals surface area (Å²) in [5.74, 6) is 5.72. The van der Waals surface area contributed by atoms with E-state index < -0.39 is 22.8 Å². The molecule has 8 nitrogen and oxygen atoms in total. The third-order valence-corrected chi connectivity index (χ3v) is 9.05. The van der Waals surface area contributed by atoms with Gasteiger partial charge >= 0.3 is 5.97 Å². The largest absolute Gasteiger partial charge is 0.490 e. The zero-order chi connectivity index (χ0) is 31.5.